The second kappa shape index (κ2) is 4.13. The molecule has 0 aromatic heterocycles. The number of carbonyl (C=O) groups is 1. The van der Waals surface area contributed by atoms with Gasteiger partial charge in [0.15, 0.2) is 0 Å². The van der Waals surface area contributed by atoms with Crippen LogP contribution >= 0.6 is 0 Å². The van der Waals surface area contributed by atoms with Crippen LogP contribution in [0.5, 0.6) is 0 Å². The Hall–Kier alpha value is -1.01. The second-order valence-electron chi connectivity index (χ2n) is 2.79. The molecule has 3 nitrogen and oxygen atoms in total. The van der Waals surface area contributed by atoms with Gasteiger partial charge in [0, 0.05) is 18.4 Å². The normalized spacial score (nSPS) is 27.8. The Bertz CT molecular complexity index is 224. The molecule has 1 rings (SSSR count). The Morgan fingerprint density at radius 2 is 2.50 bits per heavy atom. The van der Waals surface area contributed by atoms with Crippen molar-refractivity contribution in [3.63, 3.8) is 0 Å². The van der Waals surface area contributed by atoms with Gasteiger partial charge in [0.2, 0.25) is 0 Å². The van der Waals surface area contributed by atoms with Crippen LogP contribution in [-0.2, 0) is 9.53 Å². The molecule has 1 aliphatic rings. The second-order valence-corrected chi connectivity index (χ2v) is 2.79. The predicted octanol–water partition coefficient (Wildman–Crippen LogP) is 0.889. The van der Waals surface area contributed by atoms with Gasteiger partial charge in [-0.15, -0.1) is 0 Å². The third-order valence-electron chi connectivity index (χ3n) is 1.98. The van der Waals surface area contributed by atoms with Gasteiger partial charge in [-0.05, 0) is 12.8 Å². The fourth-order valence-electron chi connectivity index (χ4n) is 1.37. The van der Waals surface area contributed by atoms with Gasteiger partial charge in [-0.25, -0.2) is 4.79 Å². The molecule has 0 aliphatic carbocycles. The van der Waals surface area contributed by atoms with Crippen molar-refractivity contribution in [2.45, 2.75) is 25.9 Å². The van der Waals surface area contributed by atoms with E-state index in [0.717, 1.165) is 12.8 Å². The predicted molar refractivity (Wildman–Crippen MR) is 43.5 cm³/mol. The van der Waals surface area contributed by atoms with Gasteiger partial charge in [0.05, 0.1) is 6.10 Å². The smallest absolute Gasteiger partial charge is 0.381 e. The van der Waals surface area contributed by atoms with Gasteiger partial charge in [-0.3, -0.25) is 0 Å². The fraction of sp³-hybridized carbons (Fsp3) is 0.667. The van der Waals surface area contributed by atoms with Crippen molar-refractivity contribution in [2.75, 3.05) is 6.61 Å². The molecule has 0 spiro atoms. The van der Waals surface area contributed by atoms with Crippen LogP contribution in [0.25, 0.3) is 0 Å². The molecule has 2 atom stereocenters. The number of carboxylic acid groups (broad SMARTS) is 1. The molecule has 3 heteroatoms. The summed E-state index contributed by atoms with van der Waals surface area (Å²) < 4.78 is 5.35. The summed E-state index contributed by atoms with van der Waals surface area (Å²) >= 11 is 0. The number of rotatable bonds is 1. The highest BCUT2D eigenvalue weighted by molar-refractivity contribution is 5.86. The molecule has 1 heterocycles. The first-order chi connectivity index (χ1) is 5.74. The van der Waals surface area contributed by atoms with Crippen LogP contribution < -0.4 is 0 Å². The molecule has 1 saturated heterocycles. The molecule has 2 unspecified atom stereocenters. The lowest BCUT2D eigenvalue weighted by Crippen LogP contribution is -2.12. The highest BCUT2D eigenvalue weighted by atomic mass is 16.5. The topological polar surface area (TPSA) is 46.5 Å². The van der Waals surface area contributed by atoms with Crippen LogP contribution in [-0.4, -0.2) is 23.8 Å². The summed E-state index contributed by atoms with van der Waals surface area (Å²) in [6.45, 7) is 2.73. The number of hydrogen-bond donors (Lipinski definition) is 1. The molecule has 0 aromatic rings. The summed E-state index contributed by atoms with van der Waals surface area (Å²) in [5, 5.41) is 8.32. The molecule has 0 amide bonds. The highest BCUT2D eigenvalue weighted by Gasteiger charge is 2.24. The highest BCUT2D eigenvalue weighted by Crippen LogP contribution is 2.22. The van der Waals surface area contributed by atoms with Gasteiger partial charge >= 0.3 is 5.97 Å². The van der Waals surface area contributed by atoms with Crippen LogP contribution in [0.3, 0.4) is 0 Å². The molecule has 12 heavy (non-hydrogen) atoms. The molecule has 0 saturated carbocycles. The summed E-state index contributed by atoms with van der Waals surface area (Å²) in [4.78, 5) is 10.1. The molecule has 66 valence electrons. The summed E-state index contributed by atoms with van der Waals surface area (Å²) in [6.07, 6.45) is 1.90. The zero-order chi connectivity index (χ0) is 8.97. The van der Waals surface area contributed by atoms with Crippen LogP contribution in [0.1, 0.15) is 19.8 Å². The standard InChI is InChI=1S/C9H12O3/c1-2-8-7(5-6-12-8)3-4-9(10)11/h7-8H,2,5-6H2,1H3,(H,10,11). The molecule has 0 bridgehead atoms. The maximum atomic E-state index is 10.1. The van der Waals surface area contributed by atoms with Gasteiger partial charge in [-0.1, -0.05) is 12.8 Å². The first-order valence-corrected chi connectivity index (χ1v) is 4.10. The van der Waals surface area contributed by atoms with E-state index in [1.807, 2.05) is 6.92 Å². The van der Waals surface area contributed by atoms with Crippen LogP contribution in [0, 0.1) is 17.8 Å². The minimum absolute atomic E-state index is 0.117. The molecule has 0 radical (unpaired) electrons. The maximum Gasteiger partial charge on any atom is 0.381 e. The quantitative estimate of drug-likeness (QED) is 0.591. The van der Waals surface area contributed by atoms with E-state index in [1.165, 1.54) is 0 Å². The van der Waals surface area contributed by atoms with Gasteiger partial charge < -0.3 is 9.84 Å². The van der Waals surface area contributed by atoms with E-state index >= 15 is 0 Å². The van der Waals surface area contributed by atoms with E-state index in [9.17, 15) is 4.79 Å². The van der Waals surface area contributed by atoms with E-state index in [1.54, 1.807) is 0 Å². The first kappa shape index (κ1) is 9.08. The lowest BCUT2D eigenvalue weighted by atomic mass is 10.0. The SMILES string of the molecule is CCC1OCCC1C#CC(=O)O. The summed E-state index contributed by atoms with van der Waals surface area (Å²) in [6, 6.07) is 0. The number of aliphatic carboxylic acids is 1. The van der Waals surface area contributed by atoms with Crippen LogP contribution in [0.4, 0.5) is 0 Å². The zero-order valence-corrected chi connectivity index (χ0v) is 7.04. The average Bonchev–Trinajstić information content (AvgIpc) is 2.47. The van der Waals surface area contributed by atoms with Crippen molar-refractivity contribution in [1.82, 2.24) is 0 Å². The van der Waals surface area contributed by atoms with Crippen LogP contribution in [0.15, 0.2) is 0 Å². The molecule has 1 N–H and O–H groups in total. The number of carboxylic acids is 1. The van der Waals surface area contributed by atoms with Crippen LogP contribution in [0.2, 0.25) is 0 Å². The third-order valence-corrected chi connectivity index (χ3v) is 1.98. The monoisotopic (exact) mass is 168 g/mol. The Morgan fingerprint density at radius 3 is 3.08 bits per heavy atom. The summed E-state index contributed by atoms with van der Waals surface area (Å²) in [5.74, 6) is 3.90. The number of ether oxygens (including phenoxy) is 1. The van der Waals surface area contributed by atoms with Crippen molar-refractivity contribution >= 4 is 5.97 Å². The van der Waals surface area contributed by atoms with E-state index in [4.69, 9.17) is 9.84 Å². The molecular weight excluding hydrogens is 156 g/mol. The Labute approximate surface area is 71.7 Å². The summed E-state index contributed by atoms with van der Waals surface area (Å²) in [5.41, 5.74) is 0. The van der Waals surface area contributed by atoms with E-state index in [0.29, 0.717) is 6.61 Å². The molecular formula is C9H12O3. The Morgan fingerprint density at radius 1 is 1.75 bits per heavy atom. The van der Waals surface area contributed by atoms with Crippen molar-refractivity contribution in [1.29, 1.82) is 0 Å². The molecule has 1 fully saturated rings. The van der Waals surface area contributed by atoms with Gasteiger partial charge in [-0.2, -0.15) is 0 Å². The lowest BCUT2D eigenvalue weighted by molar-refractivity contribution is -0.130. The minimum atomic E-state index is -1.06. The van der Waals surface area contributed by atoms with Gasteiger partial charge in [0.1, 0.15) is 0 Å². The van der Waals surface area contributed by atoms with E-state index < -0.39 is 5.97 Å². The largest absolute Gasteiger partial charge is 0.472 e. The van der Waals surface area contributed by atoms with Crippen molar-refractivity contribution in [2.24, 2.45) is 5.92 Å². The van der Waals surface area contributed by atoms with E-state index in [2.05, 4.69) is 11.8 Å². The minimum Gasteiger partial charge on any atom is -0.472 e. The lowest BCUT2D eigenvalue weighted by Gasteiger charge is -2.09. The van der Waals surface area contributed by atoms with Crippen molar-refractivity contribution in [3.05, 3.63) is 0 Å². The Kier molecular flexibility index (Phi) is 3.12. The zero-order valence-electron chi connectivity index (χ0n) is 7.04. The number of hydrogen-bond acceptors (Lipinski definition) is 2. The van der Waals surface area contributed by atoms with Crippen molar-refractivity contribution in [3.8, 4) is 11.8 Å². The summed E-state index contributed by atoms with van der Waals surface area (Å²) in [7, 11) is 0. The fourth-order valence-corrected chi connectivity index (χ4v) is 1.37. The molecule has 1 aliphatic heterocycles. The Balaban J connectivity index is 2.52. The molecule has 0 aromatic carbocycles. The third kappa shape index (κ3) is 2.24. The van der Waals surface area contributed by atoms with Gasteiger partial charge in [0.25, 0.3) is 0 Å². The van der Waals surface area contributed by atoms with E-state index in [-0.39, 0.29) is 12.0 Å². The average molecular weight is 168 g/mol. The van der Waals surface area contributed by atoms with Crippen molar-refractivity contribution < 1.29 is 14.6 Å². The maximum absolute atomic E-state index is 10.1. The first-order valence-electron chi connectivity index (χ1n) is 4.10.